The van der Waals surface area contributed by atoms with Gasteiger partial charge in [0.25, 0.3) is 0 Å². The lowest BCUT2D eigenvalue weighted by atomic mass is 9.91. The molecule has 222 valence electrons. The molecule has 1 aliphatic rings. The lowest BCUT2D eigenvalue weighted by Gasteiger charge is -2.41. The molecule has 9 nitrogen and oxygen atoms in total. The second-order valence-corrected chi connectivity index (χ2v) is 11.4. The molecule has 3 aromatic carbocycles. The van der Waals surface area contributed by atoms with E-state index in [-0.39, 0.29) is 55.8 Å². The van der Waals surface area contributed by atoms with E-state index in [2.05, 4.69) is 17.6 Å². The highest BCUT2D eigenvalue weighted by Crippen LogP contribution is 2.43. The number of carbonyl (C=O) groups excluding carboxylic acids is 2. The van der Waals surface area contributed by atoms with Gasteiger partial charge in [-0.05, 0) is 53.9 Å². The molecule has 1 aliphatic heterocycles. The molecular formula is C32H36N2O7S. The molecule has 0 aromatic heterocycles. The first kappa shape index (κ1) is 31.2. The highest BCUT2D eigenvalue weighted by atomic mass is 32.2. The second kappa shape index (κ2) is 15.0. The zero-order valence-electron chi connectivity index (χ0n) is 23.6. The molecule has 0 radical (unpaired) electrons. The Labute approximate surface area is 249 Å². The number of ether oxygens (including phenoxy) is 2. The molecule has 0 saturated carbocycles. The quantitative estimate of drug-likeness (QED) is 0.191. The minimum absolute atomic E-state index is 0.00417. The van der Waals surface area contributed by atoms with E-state index in [1.807, 2.05) is 66.7 Å². The number of anilines is 2. The van der Waals surface area contributed by atoms with E-state index in [0.717, 1.165) is 27.3 Å². The van der Waals surface area contributed by atoms with Crippen LogP contribution in [0, 0.1) is 5.92 Å². The number of amides is 2. The van der Waals surface area contributed by atoms with Crippen LogP contribution in [0.25, 0.3) is 0 Å². The van der Waals surface area contributed by atoms with Gasteiger partial charge in [0.05, 0.1) is 18.8 Å². The number of hydrogen-bond donors (Lipinski definition) is 4. The molecule has 10 heteroatoms. The molecule has 4 unspecified atom stereocenters. The first-order chi connectivity index (χ1) is 20.2. The van der Waals surface area contributed by atoms with Crippen LogP contribution in [0.3, 0.4) is 0 Å². The predicted molar refractivity (Wildman–Crippen MR) is 161 cm³/mol. The van der Waals surface area contributed by atoms with Gasteiger partial charge in [-0.25, -0.2) is 0 Å². The molecule has 0 bridgehead atoms. The summed E-state index contributed by atoms with van der Waals surface area (Å²) in [6.07, 6.45) is -0.838. The minimum Gasteiger partial charge on any atom is -0.481 e. The fraction of sp³-hybridized carbons (Fsp3) is 0.344. The molecule has 1 heterocycles. The zero-order valence-corrected chi connectivity index (χ0v) is 24.4. The van der Waals surface area contributed by atoms with Crippen molar-refractivity contribution in [3.05, 3.63) is 89.5 Å². The molecule has 1 fully saturated rings. The summed E-state index contributed by atoms with van der Waals surface area (Å²) in [5.41, 5.74) is 3.86. The summed E-state index contributed by atoms with van der Waals surface area (Å²) in [5.74, 6) is -0.643. The first-order valence-electron chi connectivity index (χ1n) is 13.8. The number of hydrogen-bond acceptors (Lipinski definition) is 7. The Hall–Kier alpha value is -3.70. The van der Waals surface area contributed by atoms with Gasteiger partial charge in [0.2, 0.25) is 11.8 Å². The maximum absolute atomic E-state index is 12.4. The van der Waals surface area contributed by atoms with Crippen LogP contribution >= 0.6 is 11.8 Å². The zero-order chi connectivity index (χ0) is 30.1. The Bertz CT molecular complexity index is 1360. The van der Waals surface area contributed by atoms with Gasteiger partial charge in [0.1, 0.15) is 0 Å². The number of aliphatic hydroxyl groups excluding tert-OH is 1. The van der Waals surface area contributed by atoms with Gasteiger partial charge in [0, 0.05) is 53.3 Å². The average Bonchev–Trinajstić information content (AvgIpc) is 2.97. The molecule has 3 aromatic rings. The summed E-state index contributed by atoms with van der Waals surface area (Å²) in [5, 5.41) is 23.9. The standard InChI is InChI=1S/C32H36N2O7S/c1-20-28(19-42-27-15-13-25(14-16-27)33-21(2)36)40-32(41-31(20)23-11-9-22(18-35)10-12-23)24-5-3-6-26(17-24)34-29(37)7-4-8-30(38)39/h3,5-6,9-17,20,28,31-32,35H,4,7-8,18-19H2,1-2H3,(H,33,36)(H,34,37)(H,38,39). The van der Waals surface area contributed by atoms with Gasteiger partial charge in [-0.3, -0.25) is 14.4 Å². The third-order valence-electron chi connectivity index (χ3n) is 6.95. The van der Waals surface area contributed by atoms with Crippen LogP contribution in [0.4, 0.5) is 11.4 Å². The fourth-order valence-corrected chi connectivity index (χ4v) is 5.78. The average molecular weight is 593 g/mol. The molecule has 4 atom stereocenters. The second-order valence-electron chi connectivity index (χ2n) is 10.3. The molecule has 42 heavy (non-hydrogen) atoms. The number of benzene rings is 3. The Morgan fingerprint density at radius 2 is 1.62 bits per heavy atom. The van der Waals surface area contributed by atoms with E-state index in [0.29, 0.717) is 11.4 Å². The highest BCUT2D eigenvalue weighted by molar-refractivity contribution is 7.99. The minimum atomic E-state index is -0.930. The van der Waals surface area contributed by atoms with E-state index in [9.17, 15) is 19.5 Å². The normalized spacial score (nSPS) is 20.1. The highest BCUT2D eigenvalue weighted by Gasteiger charge is 2.38. The van der Waals surface area contributed by atoms with Crippen molar-refractivity contribution >= 4 is 40.9 Å². The van der Waals surface area contributed by atoms with E-state index < -0.39 is 12.3 Å². The van der Waals surface area contributed by atoms with Crippen LogP contribution in [-0.2, 0) is 30.5 Å². The maximum atomic E-state index is 12.4. The van der Waals surface area contributed by atoms with Gasteiger partial charge in [-0.2, -0.15) is 0 Å². The van der Waals surface area contributed by atoms with Crippen molar-refractivity contribution in [3.63, 3.8) is 0 Å². The molecular weight excluding hydrogens is 556 g/mol. The maximum Gasteiger partial charge on any atom is 0.303 e. The third kappa shape index (κ3) is 8.90. The summed E-state index contributed by atoms with van der Waals surface area (Å²) in [6.45, 7) is 3.53. The van der Waals surface area contributed by atoms with Crippen molar-refractivity contribution in [2.45, 2.75) is 63.1 Å². The fourth-order valence-electron chi connectivity index (χ4n) is 4.71. The Balaban J connectivity index is 1.51. The molecule has 1 saturated heterocycles. The summed E-state index contributed by atoms with van der Waals surface area (Å²) in [4.78, 5) is 35.5. The largest absolute Gasteiger partial charge is 0.481 e. The Kier molecular flexibility index (Phi) is 11.1. The Morgan fingerprint density at radius 3 is 2.29 bits per heavy atom. The predicted octanol–water partition coefficient (Wildman–Crippen LogP) is 5.91. The van der Waals surface area contributed by atoms with Crippen molar-refractivity contribution in [1.29, 1.82) is 0 Å². The van der Waals surface area contributed by atoms with Crippen molar-refractivity contribution in [2.24, 2.45) is 5.92 Å². The van der Waals surface area contributed by atoms with Crippen molar-refractivity contribution in [1.82, 2.24) is 0 Å². The van der Waals surface area contributed by atoms with Gasteiger partial charge in [-0.1, -0.05) is 43.3 Å². The van der Waals surface area contributed by atoms with Crippen LogP contribution in [0.5, 0.6) is 0 Å². The van der Waals surface area contributed by atoms with Gasteiger partial charge in [0.15, 0.2) is 6.29 Å². The SMILES string of the molecule is CC(=O)Nc1ccc(SCC2OC(c3cccc(NC(=O)CCCC(=O)O)c3)OC(c3ccc(CO)cc3)C2C)cc1. The van der Waals surface area contributed by atoms with Crippen LogP contribution in [0.1, 0.15) is 62.2 Å². The number of carbonyl (C=O) groups is 3. The number of nitrogens with one attached hydrogen (secondary N) is 2. The molecule has 4 N–H and O–H groups in total. The summed E-state index contributed by atoms with van der Waals surface area (Å²) < 4.78 is 13.0. The lowest BCUT2D eigenvalue weighted by Crippen LogP contribution is -2.38. The number of aliphatic carboxylic acids is 1. The van der Waals surface area contributed by atoms with Gasteiger partial charge < -0.3 is 30.3 Å². The Morgan fingerprint density at radius 1 is 0.881 bits per heavy atom. The van der Waals surface area contributed by atoms with E-state index in [1.54, 1.807) is 17.8 Å². The van der Waals surface area contributed by atoms with Gasteiger partial charge >= 0.3 is 5.97 Å². The van der Waals surface area contributed by atoms with Crippen LogP contribution in [0.2, 0.25) is 0 Å². The van der Waals surface area contributed by atoms with Crippen LogP contribution < -0.4 is 10.6 Å². The van der Waals surface area contributed by atoms with Crippen molar-refractivity contribution < 1.29 is 34.1 Å². The van der Waals surface area contributed by atoms with Crippen molar-refractivity contribution in [2.75, 3.05) is 16.4 Å². The number of rotatable bonds is 12. The van der Waals surface area contributed by atoms with Crippen LogP contribution in [-0.4, -0.2) is 39.9 Å². The monoisotopic (exact) mass is 592 g/mol. The molecule has 0 aliphatic carbocycles. The number of thioether (sulfide) groups is 1. The summed E-state index contributed by atoms with van der Waals surface area (Å²) in [6, 6.07) is 22.7. The van der Waals surface area contributed by atoms with E-state index in [1.165, 1.54) is 6.92 Å². The van der Waals surface area contributed by atoms with Crippen LogP contribution in [0.15, 0.2) is 77.7 Å². The number of carboxylic acids is 1. The van der Waals surface area contributed by atoms with E-state index >= 15 is 0 Å². The number of aliphatic hydroxyl groups is 1. The van der Waals surface area contributed by atoms with E-state index in [4.69, 9.17) is 14.6 Å². The first-order valence-corrected chi connectivity index (χ1v) is 14.8. The third-order valence-corrected chi connectivity index (χ3v) is 8.05. The lowest BCUT2D eigenvalue weighted by molar-refractivity contribution is -0.268. The summed E-state index contributed by atoms with van der Waals surface area (Å²) in [7, 11) is 0. The van der Waals surface area contributed by atoms with Gasteiger partial charge in [-0.15, -0.1) is 11.8 Å². The van der Waals surface area contributed by atoms with Crippen molar-refractivity contribution in [3.8, 4) is 0 Å². The topological polar surface area (TPSA) is 134 Å². The smallest absolute Gasteiger partial charge is 0.303 e. The summed E-state index contributed by atoms with van der Waals surface area (Å²) >= 11 is 1.65. The molecule has 0 spiro atoms. The molecule has 2 amide bonds. The molecule has 4 rings (SSSR count). The number of carboxylic acid groups (broad SMARTS) is 1.